The number of hydrogen-bond donors (Lipinski definition) is 2. The zero-order valence-corrected chi connectivity index (χ0v) is 10.1. The zero-order chi connectivity index (χ0) is 11.5. The summed E-state index contributed by atoms with van der Waals surface area (Å²) < 4.78 is 1.49. The maximum absolute atomic E-state index is 12.0. The second kappa shape index (κ2) is 5.82. The van der Waals surface area contributed by atoms with E-state index in [0.717, 1.165) is 5.39 Å². The molecule has 1 atom stereocenters. The molecule has 2 rings (SSSR count). The van der Waals surface area contributed by atoms with Crippen molar-refractivity contribution in [2.24, 2.45) is 5.73 Å². The van der Waals surface area contributed by atoms with E-state index in [1.807, 2.05) is 24.3 Å². The van der Waals surface area contributed by atoms with Gasteiger partial charge in [-0.05, 0) is 17.5 Å². The predicted molar refractivity (Wildman–Crippen MR) is 70.5 cm³/mol. The van der Waals surface area contributed by atoms with Crippen LogP contribution in [-0.4, -0.2) is 22.3 Å². The molecule has 17 heavy (non-hydrogen) atoms. The molecular formula is C12H15ClN2O2. The summed E-state index contributed by atoms with van der Waals surface area (Å²) in [6, 6.07) is 9.25. The van der Waals surface area contributed by atoms with Crippen LogP contribution in [0.2, 0.25) is 0 Å². The van der Waals surface area contributed by atoms with Gasteiger partial charge in [0.05, 0.1) is 12.6 Å². The molecule has 0 radical (unpaired) electrons. The van der Waals surface area contributed by atoms with Gasteiger partial charge in [-0.25, -0.2) is 0 Å². The first-order valence-electron chi connectivity index (χ1n) is 5.18. The van der Waals surface area contributed by atoms with Crippen molar-refractivity contribution in [3.63, 3.8) is 0 Å². The van der Waals surface area contributed by atoms with Crippen LogP contribution in [0.4, 0.5) is 0 Å². The molecule has 0 amide bonds. The summed E-state index contributed by atoms with van der Waals surface area (Å²) in [6.07, 6.45) is 1.00. The van der Waals surface area contributed by atoms with E-state index in [1.165, 1.54) is 4.57 Å². The van der Waals surface area contributed by atoms with Crippen LogP contribution in [0.3, 0.4) is 0 Å². The lowest BCUT2D eigenvalue weighted by atomic mass is 10.2. The van der Waals surface area contributed by atoms with Crippen LogP contribution in [0.1, 0.15) is 0 Å². The topological polar surface area (TPSA) is 68.2 Å². The highest BCUT2D eigenvalue weighted by Crippen LogP contribution is 2.08. The molecule has 0 aliphatic carbocycles. The summed E-state index contributed by atoms with van der Waals surface area (Å²) in [5, 5.41) is 11.0. The van der Waals surface area contributed by atoms with Crippen molar-refractivity contribution in [3.05, 3.63) is 46.9 Å². The Balaban J connectivity index is 0.00000144. The molecule has 0 saturated heterocycles. The molecule has 0 spiro atoms. The monoisotopic (exact) mass is 254 g/mol. The zero-order valence-electron chi connectivity index (χ0n) is 9.24. The SMILES string of the molecule is Cl.NCC(O)Cn1ccc2ccccc2c1=O. The van der Waals surface area contributed by atoms with Crippen molar-refractivity contribution in [1.82, 2.24) is 4.57 Å². The molecular weight excluding hydrogens is 240 g/mol. The van der Waals surface area contributed by atoms with Crippen LogP contribution in [0.15, 0.2) is 41.3 Å². The summed E-state index contributed by atoms with van der Waals surface area (Å²) in [5.41, 5.74) is 5.23. The fourth-order valence-corrected chi connectivity index (χ4v) is 1.68. The highest BCUT2D eigenvalue weighted by Gasteiger charge is 2.06. The van der Waals surface area contributed by atoms with Gasteiger partial charge in [-0.15, -0.1) is 12.4 Å². The number of aromatic nitrogens is 1. The van der Waals surface area contributed by atoms with E-state index in [2.05, 4.69) is 0 Å². The minimum atomic E-state index is -0.682. The van der Waals surface area contributed by atoms with Crippen molar-refractivity contribution in [2.45, 2.75) is 12.6 Å². The van der Waals surface area contributed by atoms with Crippen LogP contribution in [0, 0.1) is 0 Å². The van der Waals surface area contributed by atoms with Gasteiger partial charge in [0.25, 0.3) is 5.56 Å². The molecule has 1 aromatic carbocycles. The van der Waals surface area contributed by atoms with Gasteiger partial charge in [-0.3, -0.25) is 4.79 Å². The first-order chi connectivity index (χ1) is 7.72. The molecule has 3 N–H and O–H groups in total. The van der Waals surface area contributed by atoms with Crippen molar-refractivity contribution in [1.29, 1.82) is 0 Å². The highest BCUT2D eigenvalue weighted by atomic mass is 35.5. The number of nitrogens with two attached hydrogens (primary N) is 1. The number of benzene rings is 1. The van der Waals surface area contributed by atoms with Crippen LogP contribution in [0.5, 0.6) is 0 Å². The highest BCUT2D eigenvalue weighted by molar-refractivity contribution is 5.85. The van der Waals surface area contributed by atoms with Crippen LogP contribution < -0.4 is 11.3 Å². The number of aliphatic hydroxyl groups is 1. The lowest BCUT2D eigenvalue weighted by Crippen LogP contribution is -2.30. The average molecular weight is 255 g/mol. The Labute approximate surface area is 105 Å². The third-order valence-corrected chi connectivity index (χ3v) is 2.57. The number of rotatable bonds is 3. The van der Waals surface area contributed by atoms with Gasteiger partial charge in [0.15, 0.2) is 0 Å². The number of pyridine rings is 1. The normalized spacial score (nSPS) is 12.1. The third kappa shape index (κ3) is 2.85. The standard InChI is InChI=1S/C12H14N2O2.ClH/c13-7-10(15)8-14-6-5-9-3-1-2-4-11(9)12(14)16;/h1-6,10,15H,7-8,13H2;1H. The lowest BCUT2D eigenvalue weighted by Gasteiger charge is -2.10. The average Bonchev–Trinajstić information content (AvgIpc) is 2.33. The molecule has 0 aliphatic rings. The van der Waals surface area contributed by atoms with Crippen molar-refractivity contribution >= 4 is 23.2 Å². The largest absolute Gasteiger partial charge is 0.390 e. The lowest BCUT2D eigenvalue weighted by molar-refractivity contribution is 0.161. The van der Waals surface area contributed by atoms with Gasteiger partial charge in [0.2, 0.25) is 0 Å². The van der Waals surface area contributed by atoms with E-state index in [0.29, 0.717) is 5.39 Å². The Hall–Kier alpha value is -1.36. The number of aliphatic hydroxyl groups excluding tert-OH is 1. The minimum absolute atomic E-state index is 0. The van der Waals surface area contributed by atoms with Gasteiger partial charge in [0.1, 0.15) is 0 Å². The summed E-state index contributed by atoms with van der Waals surface area (Å²) >= 11 is 0. The van der Waals surface area contributed by atoms with Gasteiger partial charge in [-0.1, -0.05) is 18.2 Å². The molecule has 0 bridgehead atoms. The predicted octanol–water partition coefficient (Wildman–Crippen LogP) is 0.743. The first-order valence-corrected chi connectivity index (χ1v) is 5.18. The fraction of sp³-hybridized carbons (Fsp3) is 0.250. The summed E-state index contributed by atoms with van der Waals surface area (Å²) in [6.45, 7) is 0.388. The summed E-state index contributed by atoms with van der Waals surface area (Å²) in [7, 11) is 0. The van der Waals surface area contributed by atoms with Gasteiger partial charge in [-0.2, -0.15) is 0 Å². The Bertz CT molecular complexity index is 553. The van der Waals surface area contributed by atoms with E-state index in [4.69, 9.17) is 5.73 Å². The van der Waals surface area contributed by atoms with E-state index in [1.54, 1.807) is 12.3 Å². The molecule has 2 aromatic rings. The molecule has 5 heteroatoms. The Morgan fingerprint density at radius 3 is 2.71 bits per heavy atom. The van der Waals surface area contributed by atoms with E-state index >= 15 is 0 Å². The fourth-order valence-electron chi connectivity index (χ4n) is 1.68. The van der Waals surface area contributed by atoms with E-state index < -0.39 is 6.10 Å². The molecule has 0 aliphatic heterocycles. The van der Waals surface area contributed by atoms with Gasteiger partial charge >= 0.3 is 0 Å². The Morgan fingerprint density at radius 1 is 1.29 bits per heavy atom. The molecule has 0 fully saturated rings. The maximum Gasteiger partial charge on any atom is 0.258 e. The third-order valence-electron chi connectivity index (χ3n) is 2.57. The van der Waals surface area contributed by atoms with Crippen molar-refractivity contribution < 1.29 is 5.11 Å². The maximum atomic E-state index is 12.0. The number of hydrogen-bond acceptors (Lipinski definition) is 3. The molecule has 92 valence electrons. The quantitative estimate of drug-likeness (QED) is 0.849. The molecule has 4 nitrogen and oxygen atoms in total. The molecule has 0 saturated carbocycles. The molecule has 1 heterocycles. The number of fused-ring (bicyclic) bond motifs is 1. The van der Waals surface area contributed by atoms with E-state index in [9.17, 15) is 9.90 Å². The summed E-state index contributed by atoms with van der Waals surface area (Å²) in [4.78, 5) is 12.0. The van der Waals surface area contributed by atoms with E-state index in [-0.39, 0.29) is 31.1 Å². The number of nitrogens with zero attached hydrogens (tertiary/aromatic N) is 1. The Morgan fingerprint density at radius 2 is 2.00 bits per heavy atom. The molecule has 1 aromatic heterocycles. The van der Waals surface area contributed by atoms with Crippen LogP contribution >= 0.6 is 12.4 Å². The van der Waals surface area contributed by atoms with Gasteiger partial charge in [0, 0.05) is 18.1 Å². The van der Waals surface area contributed by atoms with Crippen LogP contribution in [-0.2, 0) is 6.54 Å². The molecule has 1 unspecified atom stereocenters. The second-order valence-corrected chi connectivity index (χ2v) is 3.75. The van der Waals surface area contributed by atoms with Crippen LogP contribution in [0.25, 0.3) is 10.8 Å². The van der Waals surface area contributed by atoms with Gasteiger partial charge < -0.3 is 15.4 Å². The van der Waals surface area contributed by atoms with Crippen molar-refractivity contribution in [2.75, 3.05) is 6.54 Å². The number of halogens is 1. The smallest absolute Gasteiger partial charge is 0.258 e. The minimum Gasteiger partial charge on any atom is -0.390 e. The summed E-state index contributed by atoms with van der Waals surface area (Å²) in [5.74, 6) is 0. The second-order valence-electron chi connectivity index (χ2n) is 3.75. The Kier molecular flexibility index (Phi) is 4.69. The first kappa shape index (κ1) is 13.7. The van der Waals surface area contributed by atoms with Crippen molar-refractivity contribution in [3.8, 4) is 0 Å².